The SMILES string of the molecule is O=C(Cn1cnc([N+](=O)[O-])c1)Nc1ccc(Cl)cc1[N+](=O)[O-]. The molecule has 1 aromatic heterocycles. The van der Waals surface area contributed by atoms with Gasteiger partial charge in [-0.05, 0) is 22.0 Å². The highest BCUT2D eigenvalue weighted by Crippen LogP contribution is 2.27. The third-order valence-electron chi connectivity index (χ3n) is 2.56. The zero-order valence-corrected chi connectivity index (χ0v) is 11.6. The summed E-state index contributed by atoms with van der Waals surface area (Å²) in [7, 11) is 0. The average Bonchev–Trinajstić information content (AvgIpc) is 2.89. The Balaban J connectivity index is 2.12. The highest BCUT2D eigenvalue weighted by Gasteiger charge is 2.17. The number of anilines is 1. The number of aromatic nitrogens is 2. The van der Waals surface area contributed by atoms with Gasteiger partial charge in [0.15, 0.2) is 0 Å². The molecule has 0 fully saturated rings. The fourth-order valence-electron chi connectivity index (χ4n) is 1.65. The maximum absolute atomic E-state index is 11.8. The summed E-state index contributed by atoms with van der Waals surface area (Å²) in [4.78, 5) is 35.3. The molecule has 0 saturated heterocycles. The van der Waals surface area contributed by atoms with Crippen LogP contribution in [0.3, 0.4) is 0 Å². The second kappa shape index (κ2) is 6.18. The van der Waals surface area contributed by atoms with Crippen LogP contribution in [0.4, 0.5) is 17.2 Å². The lowest BCUT2D eigenvalue weighted by molar-refractivity contribution is -0.389. The largest absolute Gasteiger partial charge is 0.381 e. The second-order valence-electron chi connectivity index (χ2n) is 4.13. The van der Waals surface area contributed by atoms with Gasteiger partial charge < -0.3 is 20.0 Å². The molecule has 1 heterocycles. The van der Waals surface area contributed by atoms with Crippen LogP contribution in [0.25, 0.3) is 0 Å². The molecule has 0 aliphatic rings. The van der Waals surface area contributed by atoms with Crippen LogP contribution in [0.2, 0.25) is 5.02 Å². The normalized spacial score (nSPS) is 10.2. The van der Waals surface area contributed by atoms with Crippen molar-refractivity contribution in [3.05, 3.63) is 56.0 Å². The lowest BCUT2D eigenvalue weighted by Crippen LogP contribution is -2.18. The molecule has 0 bridgehead atoms. The highest BCUT2D eigenvalue weighted by atomic mass is 35.5. The molecule has 114 valence electrons. The Hall–Kier alpha value is -3.01. The second-order valence-corrected chi connectivity index (χ2v) is 4.56. The van der Waals surface area contributed by atoms with Crippen molar-refractivity contribution >= 4 is 34.7 Å². The minimum absolute atomic E-state index is 0.0194. The smallest absolute Gasteiger partial charge is 0.358 e. The molecular weight excluding hydrogens is 318 g/mol. The van der Waals surface area contributed by atoms with Gasteiger partial charge in [0, 0.05) is 11.1 Å². The number of hydrogen-bond donors (Lipinski definition) is 1. The van der Waals surface area contributed by atoms with Crippen molar-refractivity contribution in [1.29, 1.82) is 0 Å². The number of nitrogens with one attached hydrogen (secondary N) is 1. The Morgan fingerprint density at radius 2 is 2.05 bits per heavy atom. The van der Waals surface area contributed by atoms with Crippen LogP contribution in [0.1, 0.15) is 0 Å². The summed E-state index contributed by atoms with van der Waals surface area (Å²) in [5, 5.41) is 23.9. The minimum Gasteiger partial charge on any atom is -0.358 e. The number of hydrogen-bond acceptors (Lipinski definition) is 6. The van der Waals surface area contributed by atoms with Crippen LogP contribution in [0, 0.1) is 20.2 Å². The third-order valence-corrected chi connectivity index (χ3v) is 2.80. The molecule has 0 aliphatic carbocycles. The van der Waals surface area contributed by atoms with Crippen molar-refractivity contribution in [2.75, 3.05) is 5.32 Å². The maximum atomic E-state index is 11.8. The standard InChI is InChI=1S/C11H8ClN5O5/c12-7-1-2-8(9(3-7)16(19)20)14-11(18)5-15-4-10(13-6-15)17(21)22/h1-4,6H,5H2,(H,14,18). The summed E-state index contributed by atoms with van der Waals surface area (Å²) in [6.07, 6.45) is 2.20. The highest BCUT2D eigenvalue weighted by molar-refractivity contribution is 6.31. The molecule has 1 amide bonds. The lowest BCUT2D eigenvalue weighted by Gasteiger charge is -2.06. The van der Waals surface area contributed by atoms with Crippen LogP contribution in [-0.2, 0) is 11.3 Å². The lowest BCUT2D eigenvalue weighted by atomic mass is 10.2. The van der Waals surface area contributed by atoms with Gasteiger partial charge in [0.05, 0.1) is 4.92 Å². The molecule has 2 aromatic rings. The van der Waals surface area contributed by atoms with Gasteiger partial charge in [-0.15, -0.1) is 0 Å². The zero-order chi connectivity index (χ0) is 16.3. The summed E-state index contributed by atoms with van der Waals surface area (Å²) in [5.74, 6) is -0.997. The molecule has 2 rings (SSSR count). The molecule has 1 aromatic carbocycles. The number of nitro groups is 2. The third kappa shape index (κ3) is 3.55. The number of carbonyl (C=O) groups excluding carboxylic acids is 1. The summed E-state index contributed by atoms with van der Waals surface area (Å²) in [5.41, 5.74) is -0.369. The van der Waals surface area contributed by atoms with Crippen LogP contribution in [0.5, 0.6) is 0 Å². The number of carbonyl (C=O) groups is 1. The van der Waals surface area contributed by atoms with E-state index in [0.717, 1.165) is 18.6 Å². The van der Waals surface area contributed by atoms with E-state index in [4.69, 9.17) is 11.6 Å². The number of rotatable bonds is 5. The first kappa shape index (κ1) is 15.4. The van der Waals surface area contributed by atoms with E-state index in [2.05, 4.69) is 10.3 Å². The number of nitrogens with zero attached hydrogens (tertiary/aromatic N) is 4. The number of imidazole rings is 1. The Bertz CT molecular complexity index is 759. The van der Waals surface area contributed by atoms with Gasteiger partial charge in [-0.3, -0.25) is 14.9 Å². The van der Waals surface area contributed by atoms with E-state index in [1.807, 2.05) is 0 Å². The van der Waals surface area contributed by atoms with Crippen LogP contribution < -0.4 is 5.32 Å². The molecule has 11 heteroatoms. The predicted molar refractivity (Wildman–Crippen MR) is 75.6 cm³/mol. The van der Waals surface area contributed by atoms with E-state index in [1.165, 1.54) is 16.7 Å². The summed E-state index contributed by atoms with van der Waals surface area (Å²) >= 11 is 5.67. The van der Waals surface area contributed by atoms with Gasteiger partial charge in [0.2, 0.25) is 12.2 Å². The Labute approximate surface area is 127 Å². The number of halogens is 1. The quantitative estimate of drug-likeness (QED) is 0.660. The molecule has 0 saturated carbocycles. The van der Waals surface area contributed by atoms with Crippen molar-refractivity contribution in [1.82, 2.24) is 9.55 Å². The summed E-state index contributed by atoms with van der Waals surface area (Å²) in [6.45, 7) is -0.277. The van der Waals surface area contributed by atoms with Gasteiger partial charge in [0.1, 0.15) is 18.4 Å². The molecule has 1 N–H and O–H groups in total. The van der Waals surface area contributed by atoms with Crippen molar-refractivity contribution in [2.24, 2.45) is 0 Å². The number of nitro benzene ring substituents is 1. The molecule has 10 nitrogen and oxygen atoms in total. The van der Waals surface area contributed by atoms with E-state index in [1.54, 1.807) is 0 Å². The molecule has 0 spiro atoms. The topological polar surface area (TPSA) is 133 Å². The maximum Gasteiger partial charge on any atom is 0.381 e. The van der Waals surface area contributed by atoms with Crippen LogP contribution in [-0.4, -0.2) is 25.3 Å². The first-order valence-electron chi connectivity index (χ1n) is 5.77. The number of amides is 1. The minimum atomic E-state index is -0.696. The van der Waals surface area contributed by atoms with Gasteiger partial charge in [-0.25, -0.2) is 0 Å². The van der Waals surface area contributed by atoms with E-state index >= 15 is 0 Å². The van der Waals surface area contributed by atoms with Crippen molar-refractivity contribution in [2.45, 2.75) is 6.54 Å². The first-order chi connectivity index (χ1) is 10.4. The monoisotopic (exact) mass is 325 g/mol. The van der Waals surface area contributed by atoms with E-state index in [-0.39, 0.29) is 22.9 Å². The molecule has 22 heavy (non-hydrogen) atoms. The molecule has 0 aliphatic heterocycles. The molecule has 0 unspecified atom stereocenters. The van der Waals surface area contributed by atoms with Gasteiger partial charge in [-0.2, -0.15) is 0 Å². The first-order valence-corrected chi connectivity index (χ1v) is 6.14. The van der Waals surface area contributed by atoms with Gasteiger partial charge in [-0.1, -0.05) is 11.6 Å². The van der Waals surface area contributed by atoms with Crippen molar-refractivity contribution in [3.8, 4) is 0 Å². The Morgan fingerprint density at radius 1 is 1.32 bits per heavy atom. The van der Waals surface area contributed by atoms with Crippen LogP contribution in [0.15, 0.2) is 30.7 Å². The zero-order valence-electron chi connectivity index (χ0n) is 10.8. The molecular formula is C11H8ClN5O5. The van der Waals surface area contributed by atoms with Gasteiger partial charge >= 0.3 is 5.82 Å². The number of benzene rings is 1. The molecule has 0 radical (unpaired) electrons. The summed E-state index contributed by atoms with van der Waals surface area (Å²) in [6, 6.07) is 3.81. The van der Waals surface area contributed by atoms with Crippen molar-refractivity contribution in [3.63, 3.8) is 0 Å². The molecule has 0 atom stereocenters. The fraction of sp³-hybridized carbons (Fsp3) is 0.0909. The van der Waals surface area contributed by atoms with Gasteiger partial charge in [0.25, 0.3) is 5.69 Å². The predicted octanol–water partition coefficient (Wildman–Crippen LogP) is 1.99. The van der Waals surface area contributed by atoms with E-state index < -0.39 is 21.6 Å². The Kier molecular flexibility index (Phi) is 4.32. The summed E-state index contributed by atoms with van der Waals surface area (Å²) < 4.78 is 1.19. The van der Waals surface area contributed by atoms with Crippen molar-refractivity contribution < 1.29 is 14.6 Å². The van der Waals surface area contributed by atoms with Crippen LogP contribution >= 0.6 is 11.6 Å². The van der Waals surface area contributed by atoms with E-state index in [0.29, 0.717) is 0 Å². The Morgan fingerprint density at radius 3 is 2.64 bits per heavy atom. The van der Waals surface area contributed by atoms with E-state index in [9.17, 15) is 25.0 Å². The average molecular weight is 326 g/mol. The fourth-order valence-corrected chi connectivity index (χ4v) is 1.81.